The highest BCUT2D eigenvalue weighted by Gasteiger charge is 2.09. The van der Waals surface area contributed by atoms with E-state index < -0.39 is 0 Å². The Hall–Kier alpha value is -1.18. The van der Waals surface area contributed by atoms with Crippen LogP contribution in [0.2, 0.25) is 0 Å². The first-order valence-electron chi connectivity index (χ1n) is 4.12. The molecule has 1 aliphatic heterocycles. The fraction of sp³-hybridized carbons (Fsp3) is 0.400. The van der Waals surface area contributed by atoms with Crippen LogP contribution in [0.15, 0.2) is 36.8 Å². The summed E-state index contributed by atoms with van der Waals surface area (Å²) in [5.74, 6) is 1.27. The molecule has 68 valence electrons. The maximum absolute atomic E-state index is 5.20. The number of hydrogen-bond acceptors (Lipinski definition) is 2. The molecule has 0 unspecified atom stereocenters. The Balaban J connectivity index is 0.000000561. The van der Waals surface area contributed by atoms with E-state index in [-0.39, 0.29) is 0 Å². The minimum Gasteiger partial charge on any atom is -0.487 e. The Morgan fingerprint density at radius 1 is 1.25 bits per heavy atom. The molecule has 0 atom stereocenters. The Morgan fingerprint density at radius 2 is 1.83 bits per heavy atom. The van der Waals surface area contributed by atoms with Crippen LogP contribution in [0, 0.1) is 0 Å². The number of rotatable bonds is 1. The van der Waals surface area contributed by atoms with Gasteiger partial charge in [-0.3, -0.25) is 0 Å². The molecule has 0 amide bonds. The Bertz CT molecular complexity index is 180. The van der Waals surface area contributed by atoms with Gasteiger partial charge in [0.25, 0.3) is 0 Å². The van der Waals surface area contributed by atoms with Gasteiger partial charge in [-0.15, -0.1) is 0 Å². The van der Waals surface area contributed by atoms with Gasteiger partial charge in [0, 0.05) is 0 Å². The lowest BCUT2D eigenvalue weighted by molar-refractivity contribution is 0.0606. The molecule has 12 heavy (non-hydrogen) atoms. The molecular formula is C10H16O2. The van der Waals surface area contributed by atoms with Gasteiger partial charge in [-0.05, 0) is 6.08 Å². The van der Waals surface area contributed by atoms with E-state index in [4.69, 9.17) is 9.47 Å². The van der Waals surface area contributed by atoms with Crippen molar-refractivity contribution in [3.63, 3.8) is 0 Å². The SMILES string of the molecule is C=C/C=C1/OCCOC1=C.CC. The van der Waals surface area contributed by atoms with Crippen molar-refractivity contribution in [1.29, 1.82) is 0 Å². The van der Waals surface area contributed by atoms with Crippen LogP contribution >= 0.6 is 0 Å². The highest BCUT2D eigenvalue weighted by Crippen LogP contribution is 2.15. The van der Waals surface area contributed by atoms with E-state index in [1.807, 2.05) is 13.8 Å². The fourth-order valence-corrected chi connectivity index (χ4v) is 0.716. The number of hydrogen-bond donors (Lipinski definition) is 0. The van der Waals surface area contributed by atoms with Crippen LogP contribution in [0.3, 0.4) is 0 Å². The van der Waals surface area contributed by atoms with E-state index >= 15 is 0 Å². The largest absolute Gasteiger partial charge is 0.487 e. The van der Waals surface area contributed by atoms with Gasteiger partial charge >= 0.3 is 0 Å². The van der Waals surface area contributed by atoms with E-state index in [1.165, 1.54) is 0 Å². The quantitative estimate of drug-likeness (QED) is 0.599. The second kappa shape index (κ2) is 6.53. The Kier molecular flexibility index (Phi) is 5.88. The Labute approximate surface area is 74.2 Å². The molecule has 0 aromatic carbocycles. The molecule has 0 spiro atoms. The van der Waals surface area contributed by atoms with Gasteiger partial charge in [-0.25, -0.2) is 0 Å². The van der Waals surface area contributed by atoms with E-state index in [0.717, 1.165) is 0 Å². The van der Waals surface area contributed by atoms with E-state index in [1.54, 1.807) is 12.2 Å². The summed E-state index contributed by atoms with van der Waals surface area (Å²) >= 11 is 0. The van der Waals surface area contributed by atoms with Crippen molar-refractivity contribution in [2.75, 3.05) is 13.2 Å². The van der Waals surface area contributed by atoms with Crippen molar-refractivity contribution in [3.8, 4) is 0 Å². The first-order chi connectivity index (χ1) is 5.84. The Morgan fingerprint density at radius 3 is 2.33 bits per heavy atom. The van der Waals surface area contributed by atoms with Crippen LogP contribution in [0.25, 0.3) is 0 Å². The second-order valence-corrected chi connectivity index (χ2v) is 1.89. The van der Waals surface area contributed by atoms with E-state index in [2.05, 4.69) is 13.2 Å². The first-order valence-corrected chi connectivity index (χ1v) is 4.12. The van der Waals surface area contributed by atoms with Crippen LogP contribution in [0.4, 0.5) is 0 Å². The van der Waals surface area contributed by atoms with Crippen molar-refractivity contribution in [1.82, 2.24) is 0 Å². The smallest absolute Gasteiger partial charge is 0.160 e. The molecule has 0 aliphatic carbocycles. The third-order valence-electron chi connectivity index (χ3n) is 1.16. The lowest BCUT2D eigenvalue weighted by Crippen LogP contribution is -2.12. The van der Waals surface area contributed by atoms with Gasteiger partial charge in [-0.1, -0.05) is 33.1 Å². The molecule has 1 rings (SSSR count). The second-order valence-electron chi connectivity index (χ2n) is 1.89. The monoisotopic (exact) mass is 168 g/mol. The summed E-state index contributed by atoms with van der Waals surface area (Å²) in [6.45, 7) is 12.4. The molecule has 0 saturated carbocycles. The average molecular weight is 168 g/mol. The van der Waals surface area contributed by atoms with Crippen molar-refractivity contribution < 1.29 is 9.47 Å². The molecule has 0 radical (unpaired) electrons. The molecule has 0 N–H and O–H groups in total. The van der Waals surface area contributed by atoms with Gasteiger partial charge in [-0.2, -0.15) is 0 Å². The van der Waals surface area contributed by atoms with Crippen molar-refractivity contribution >= 4 is 0 Å². The zero-order chi connectivity index (χ0) is 9.40. The molecule has 1 saturated heterocycles. The third-order valence-corrected chi connectivity index (χ3v) is 1.16. The van der Waals surface area contributed by atoms with Crippen LogP contribution in [0.1, 0.15) is 13.8 Å². The van der Waals surface area contributed by atoms with E-state index in [0.29, 0.717) is 24.7 Å². The molecule has 1 heterocycles. The van der Waals surface area contributed by atoms with Crippen molar-refractivity contribution in [2.24, 2.45) is 0 Å². The van der Waals surface area contributed by atoms with Crippen molar-refractivity contribution in [2.45, 2.75) is 13.8 Å². The molecule has 1 aliphatic rings. The summed E-state index contributed by atoms with van der Waals surface area (Å²) in [5.41, 5.74) is 0. The van der Waals surface area contributed by atoms with Crippen LogP contribution in [-0.4, -0.2) is 13.2 Å². The highest BCUT2D eigenvalue weighted by molar-refractivity contribution is 5.21. The molecule has 0 bridgehead atoms. The highest BCUT2D eigenvalue weighted by atomic mass is 16.6. The maximum Gasteiger partial charge on any atom is 0.160 e. The average Bonchev–Trinajstić information content (AvgIpc) is 2.13. The normalized spacial score (nSPS) is 18.5. The zero-order valence-corrected chi connectivity index (χ0v) is 7.80. The molecule has 0 aromatic heterocycles. The summed E-state index contributed by atoms with van der Waals surface area (Å²) < 4.78 is 10.3. The summed E-state index contributed by atoms with van der Waals surface area (Å²) in [7, 11) is 0. The zero-order valence-electron chi connectivity index (χ0n) is 7.80. The van der Waals surface area contributed by atoms with Gasteiger partial charge in [0.2, 0.25) is 0 Å². The number of allylic oxidation sites excluding steroid dienone is 2. The fourth-order valence-electron chi connectivity index (χ4n) is 0.716. The van der Waals surface area contributed by atoms with Gasteiger partial charge in [0.15, 0.2) is 11.5 Å². The van der Waals surface area contributed by atoms with Crippen LogP contribution < -0.4 is 0 Å². The summed E-state index contributed by atoms with van der Waals surface area (Å²) in [6.07, 6.45) is 3.39. The summed E-state index contributed by atoms with van der Waals surface area (Å²) in [4.78, 5) is 0. The summed E-state index contributed by atoms with van der Waals surface area (Å²) in [6, 6.07) is 0. The molecule has 2 heteroatoms. The van der Waals surface area contributed by atoms with Crippen LogP contribution in [-0.2, 0) is 9.47 Å². The molecule has 1 fully saturated rings. The van der Waals surface area contributed by atoms with E-state index in [9.17, 15) is 0 Å². The minimum atomic E-state index is 0.589. The van der Waals surface area contributed by atoms with Gasteiger partial charge < -0.3 is 9.47 Å². The van der Waals surface area contributed by atoms with Crippen LogP contribution in [0.5, 0.6) is 0 Å². The minimum absolute atomic E-state index is 0.589. The predicted molar refractivity (Wildman–Crippen MR) is 50.7 cm³/mol. The number of ether oxygens (including phenoxy) is 2. The third kappa shape index (κ3) is 3.28. The van der Waals surface area contributed by atoms with Gasteiger partial charge in [0.05, 0.1) is 0 Å². The maximum atomic E-state index is 5.20. The molecule has 2 nitrogen and oxygen atoms in total. The first kappa shape index (κ1) is 10.8. The van der Waals surface area contributed by atoms with Gasteiger partial charge in [0.1, 0.15) is 13.2 Å². The summed E-state index contributed by atoms with van der Waals surface area (Å²) in [5, 5.41) is 0. The lowest BCUT2D eigenvalue weighted by Gasteiger charge is -2.18. The van der Waals surface area contributed by atoms with Crippen molar-refractivity contribution in [3.05, 3.63) is 36.8 Å². The topological polar surface area (TPSA) is 18.5 Å². The predicted octanol–water partition coefficient (Wildman–Crippen LogP) is 2.64. The standard InChI is InChI=1S/C8H10O2.C2H6/c1-3-4-8-7(2)9-5-6-10-8;1-2/h3-4H,1-2,5-6H2;1-2H3/b8-4+;. The molecular weight excluding hydrogens is 152 g/mol. The molecule has 0 aromatic rings. The lowest BCUT2D eigenvalue weighted by atomic mass is 10.3.